The topological polar surface area (TPSA) is 104 Å². The monoisotopic (exact) mass is 596 g/mol. The number of anilines is 1. The third-order valence-electron chi connectivity index (χ3n) is 9.03. The second kappa shape index (κ2) is 10.9. The number of carbonyl (C=O) groups excluding carboxylic acids is 2. The fourth-order valence-electron chi connectivity index (χ4n) is 6.61. The van der Waals surface area contributed by atoms with Crippen LogP contribution in [0.1, 0.15) is 61.6 Å². The van der Waals surface area contributed by atoms with E-state index in [0.717, 1.165) is 42.7 Å². The van der Waals surface area contributed by atoms with Gasteiger partial charge in [0.15, 0.2) is 5.69 Å². The zero-order chi connectivity index (χ0) is 29.7. The number of pyridine rings is 1. The van der Waals surface area contributed by atoms with E-state index >= 15 is 0 Å². The van der Waals surface area contributed by atoms with Gasteiger partial charge in [0.05, 0.1) is 12.3 Å². The summed E-state index contributed by atoms with van der Waals surface area (Å²) >= 11 is 6.33. The van der Waals surface area contributed by atoms with E-state index < -0.39 is 0 Å². The molecule has 2 aromatic carbocycles. The molecule has 10 heteroatoms. The van der Waals surface area contributed by atoms with Gasteiger partial charge in [-0.05, 0) is 84.8 Å². The van der Waals surface area contributed by atoms with E-state index in [-0.39, 0.29) is 29.5 Å². The molecule has 2 N–H and O–H groups in total. The molecule has 7 rings (SSSR count). The number of β-amino-alcohol motifs (C(OH)–C–C–N with tert-alkyl or cyclic N) is 1. The van der Waals surface area contributed by atoms with Gasteiger partial charge in [0.1, 0.15) is 5.69 Å². The number of hydrogen-bond acceptors (Lipinski definition) is 6. The van der Waals surface area contributed by atoms with Crippen LogP contribution in [0.15, 0.2) is 60.9 Å². The van der Waals surface area contributed by atoms with Crippen LogP contribution in [0.4, 0.5) is 5.69 Å². The van der Waals surface area contributed by atoms with Gasteiger partial charge in [-0.25, -0.2) is 4.68 Å². The van der Waals surface area contributed by atoms with Crippen molar-refractivity contribution >= 4 is 29.1 Å². The molecule has 1 aliphatic carbocycles. The van der Waals surface area contributed by atoms with Crippen LogP contribution in [0.5, 0.6) is 0 Å². The first-order chi connectivity index (χ1) is 20.9. The number of aliphatic hydroxyl groups excluding tert-OH is 1. The van der Waals surface area contributed by atoms with Crippen LogP contribution < -0.4 is 10.2 Å². The first kappa shape index (κ1) is 27.8. The van der Waals surface area contributed by atoms with Crippen LogP contribution in [0.2, 0.25) is 5.02 Å². The van der Waals surface area contributed by atoms with Crippen molar-refractivity contribution in [3.8, 4) is 5.69 Å². The van der Waals surface area contributed by atoms with Crippen molar-refractivity contribution < 1.29 is 14.7 Å². The molecule has 2 aromatic heterocycles. The summed E-state index contributed by atoms with van der Waals surface area (Å²) < 4.78 is 1.56. The highest BCUT2D eigenvalue weighted by Crippen LogP contribution is 2.52. The molecule has 9 nitrogen and oxygen atoms in total. The van der Waals surface area contributed by atoms with E-state index in [1.165, 1.54) is 11.1 Å². The molecular weight excluding hydrogens is 564 g/mol. The molecule has 4 heterocycles. The van der Waals surface area contributed by atoms with E-state index in [4.69, 9.17) is 16.7 Å². The largest absolute Gasteiger partial charge is 0.395 e. The minimum Gasteiger partial charge on any atom is -0.395 e. The lowest BCUT2D eigenvalue weighted by Crippen LogP contribution is -2.41. The van der Waals surface area contributed by atoms with Gasteiger partial charge in [-0.15, -0.1) is 0 Å². The highest BCUT2D eigenvalue weighted by atomic mass is 35.5. The van der Waals surface area contributed by atoms with Crippen LogP contribution in [-0.2, 0) is 24.9 Å². The lowest BCUT2D eigenvalue weighted by Gasteiger charge is -2.36. The molecule has 0 unspecified atom stereocenters. The molecule has 2 amide bonds. The number of fused-ring (bicyclic) bond motifs is 3. The van der Waals surface area contributed by atoms with Gasteiger partial charge in [-0.1, -0.05) is 23.7 Å². The SMILES string of the molecule is Cc1ccncc1CNC(=O)c1nn(-c2cccc(Cl)c2)c2c1CCN(c1ccc3c(c1)CN(CCO)CC31CC1)C2=O. The van der Waals surface area contributed by atoms with Gasteiger partial charge in [0.2, 0.25) is 0 Å². The summed E-state index contributed by atoms with van der Waals surface area (Å²) in [5.41, 5.74) is 7.37. The summed E-state index contributed by atoms with van der Waals surface area (Å²) in [4.78, 5) is 36.0. The Hall–Kier alpha value is -4.05. The van der Waals surface area contributed by atoms with Crippen molar-refractivity contribution in [2.45, 2.75) is 44.7 Å². The smallest absolute Gasteiger partial charge is 0.277 e. The first-order valence-corrected chi connectivity index (χ1v) is 15.1. The Balaban J connectivity index is 1.23. The number of amides is 2. The van der Waals surface area contributed by atoms with E-state index in [2.05, 4.69) is 27.3 Å². The maximum atomic E-state index is 14.3. The van der Waals surface area contributed by atoms with E-state index in [1.54, 1.807) is 40.2 Å². The molecule has 2 aliphatic heterocycles. The number of halogens is 1. The van der Waals surface area contributed by atoms with Crippen molar-refractivity contribution in [3.63, 3.8) is 0 Å². The number of nitrogens with one attached hydrogen (secondary N) is 1. The normalized spacial score (nSPS) is 17.1. The Kier molecular flexibility index (Phi) is 7.04. The molecule has 0 saturated heterocycles. The fraction of sp³-hybridized carbons (Fsp3) is 0.333. The molecule has 0 radical (unpaired) electrons. The quantitative estimate of drug-likeness (QED) is 0.331. The Morgan fingerprint density at radius 3 is 2.77 bits per heavy atom. The van der Waals surface area contributed by atoms with Gasteiger partial charge in [-0.2, -0.15) is 5.10 Å². The van der Waals surface area contributed by atoms with Crippen molar-refractivity contribution in [1.29, 1.82) is 0 Å². The summed E-state index contributed by atoms with van der Waals surface area (Å²) in [5.74, 6) is -0.547. The molecule has 1 spiro atoms. The highest BCUT2D eigenvalue weighted by Gasteiger charge is 2.49. The van der Waals surface area contributed by atoms with Crippen molar-refractivity contribution in [3.05, 3.63) is 105 Å². The molecule has 4 aromatic rings. The summed E-state index contributed by atoms with van der Waals surface area (Å²) in [6.45, 7) is 5.20. The lowest BCUT2D eigenvalue weighted by molar-refractivity contribution is 0.0944. The Bertz CT molecular complexity index is 1750. The Morgan fingerprint density at radius 2 is 2.00 bits per heavy atom. The number of aryl methyl sites for hydroxylation is 1. The molecule has 1 saturated carbocycles. The standard InChI is InChI=1S/C33H33ClN6O3/c1-21-7-11-35-17-23(21)18-36-31(42)29-27-8-12-39(32(43)30(27)40(37-29)26-4-2-3-24(34)16-26)25-5-6-28-22(15-25)19-38(13-14-41)20-33(28)9-10-33/h2-7,11,15-17,41H,8-10,12-14,18-20H2,1H3,(H,36,42). The van der Waals surface area contributed by atoms with Crippen molar-refractivity contribution in [1.82, 2.24) is 25.0 Å². The van der Waals surface area contributed by atoms with Gasteiger partial charge >= 0.3 is 0 Å². The van der Waals surface area contributed by atoms with Crippen LogP contribution in [0, 0.1) is 6.92 Å². The van der Waals surface area contributed by atoms with E-state index in [9.17, 15) is 14.7 Å². The van der Waals surface area contributed by atoms with Gasteiger partial charge in [-0.3, -0.25) is 19.5 Å². The fourth-order valence-corrected chi connectivity index (χ4v) is 6.79. The number of benzene rings is 2. The summed E-state index contributed by atoms with van der Waals surface area (Å²) in [6.07, 6.45) is 6.24. The molecule has 1 fully saturated rings. The summed E-state index contributed by atoms with van der Waals surface area (Å²) in [5, 5.41) is 17.8. The number of aromatic nitrogens is 3. The molecule has 220 valence electrons. The molecule has 43 heavy (non-hydrogen) atoms. The number of aliphatic hydroxyl groups is 1. The van der Waals surface area contributed by atoms with Crippen LogP contribution >= 0.6 is 11.6 Å². The maximum Gasteiger partial charge on any atom is 0.277 e. The number of hydrogen-bond donors (Lipinski definition) is 2. The van der Waals surface area contributed by atoms with Crippen LogP contribution in [-0.4, -0.2) is 62.8 Å². The second-order valence-electron chi connectivity index (χ2n) is 11.8. The van der Waals surface area contributed by atoms with Crippen molar-refractivity contribution in [2.75, 3.05) is 31.1 Å². The average molecular weight is 597 g/mol. The number of rotatable bonds is 7. The zero-order valence-electron chi connectivity index (χ0n) is 24.0. The predicted molar refractivity (Wildman–Crippen MR) is 164 cm³/mol. The first-order valence-electron chi connectivity index (χ1n) is 14.7. The summed E-state index contributed by atoms with van der Waals surface area (Å²) in [6, 6.07) is 15.4. The van der Waals surface area contributed by atoms with Gasteiger partial charge in [0.25, 0.3) is 11.8 Å². The molecule has 0 atom stereocenters. The number of nitrogens with zero attached hydrogens (tertiary/aromatic N) is 5. The molecule has 0 bridgehead atoms. The minimum atomic E-state index is -0.339. The van der Waals surface area contributed by atoms with E-state index in [0.29, 0.717) is 48.0 Å². The highest BCUT2D eigenvalue weighted by molar-refractivity contribution is 6.30. The van der Waals surface area contributed by atoms with Crippen LogP contribution in [0.25, 0.3) is 5.69 Å². The lowest BCUT2D eigenvalue weighted by atomic mass is 9.86. The Morgan fingerprint density at radius 1 is 1.14 bits per heavy atom. The van der Waals surface area contributed by atoms with Crippen LogP contribution in [0.3, 0.4) is 0 Å². The number of carbonyl (C=O) groups is 2. The second-order valence-corrected chi connectivity index (χ2v) is 12.3. The third kappa shape index (κ3) is 5.01. The predicted octanol–water partition coefficient (Wildman–Crippen LogP) is 4.20. The third-order valence-corrected chi connectivity index (χ3v) is 9.27. The maximum absolute atomic E-state index is 14.3. The van der Waals surface area contributed by atoms with Crippen molar-refractivity contribution in [2.24, 2.45) is 0 Å². The molecule has 3 aliphatic rings. The molecular formula is C33H33ClN6O3. The summed E-state index contributed by atoms with van der Waals surface area (Å²) in [7, 11) is 0. The minimum absolute atomic E-state index is 0.129. The van der Waals surface area contributed by atoms with Gasteiger partial charge in [0, 0.05) is 66.8 Å². The average Bonchev–Trinajstić information content (AvgIpc) is 3.64. The van der Waals surface area contributed by atoms with Gasteiger partial charge < -0.3 is 15.3 Å². The zero-order valence-corrected chi connectivity index (χ0v) is 24.8. The van der Waals surface area contributed by atoms with E-state index in [1.807, 2.05) is 25.1 Å². The Labute approximate surface area is 255 Å².